The number of ether oxygens (including phenoxy) is 1. The number of rotatable bonds is 6. The van der Waals surface area contributed by atoms with Gasteiger partial charge in [0.2, 0.25) is 0 Å². The van der Waals surface area contributed by atoms with Crippen LogP contribution < -0.4 is 15.4 Å². The van der Waals surface area contributed by atoms with Crippen molar-refractivity contribution < 1.29 is 4.74 Å². The summed E-state index contributed by atoms with van der Waals surface area (Å²) in [6, 6.07) is 8.21. The molecular weight excluding hydrogens is 459 g/mol. The highest BCUT2D eigenvalue weighted by Crippen LogP contribution is 2.30. The third kappa shape index (κ3) is 7.11. The van der Waals surface area contributed by atoms with Crippen molar-refractivity contribution in [3.63, 3.8) is 0 Å². The molecule has 26 heavy (non-hydrogen) atoms. The first kappa shape index (κ1) is 22.7. The van der Waals surface area contributed by atoms with Crippen molar-refractivity contribution in [1.29, 1.82) is 0 Å². The molecule has 0 spiro atoms. The van der Waals surface area contributed by atoms with Gasteiger partial charge in [-0.1, -0.05) is 39.0 Å². The van der Waals surface area contributed by atoms with Gasteiger partial charge in [-0.25, -0.2) is 4.98 Å². The van der Waals surface area contributed by atoms with E-state index in [4.69, 9.17) is 4.74 Å². The summed E-state index contributed by atoms with van der Waals surface area (Å²) < 4.78 is 5.97. The monoisotopic (exact) mass is 488 g/mol. The number of benzene rings is 1. The molecule has 144 valence electrons. The lowest BCUT2D eigenvalue weighted by molar-refractivity contribution is 0.313. The summed E-state index contributed by atoms with van der Waals surface area (Å²) in [5.41, 5.74) is 1.28. The number of aliphatic imine (C=N–C) groups is 1. The van der Waals surface area contributed by atoms with Crippen molar-refractivity contribution in [2.75, 3.05) is 20.2 Å². The van der Waals surface area contributed by atoms with Gasteiger partial charge in [0.05, 0.1) is 13.1 Å². The number of halogens is 1. The van der Waals surface area contributed by atoms with E-state index in [1.54, 1.807) is 18.4 Å². The van der Waals surface area contributed by atoms with E-state index in [0.29, 0.717) is 19.7 Å². The zero-order valence-electron chi connectivity index (χ0n) is 16.1. The highest BCUT2D eigenvalue weighted by molar-refractivity contribution is 14.0. The van der Waals surface area contributed by atoms with Crippen molar-refractivity contribution >= 4 is 41.3 Å². The van der Waals surface area contributed by atoms with Crippen LogP contribution in [0.3, 0.4) is 0 Å². The Bertz CT molecular complexity index is 710. The van der Waals surface area contributed by atoms with Crippen LogP contribution in [0.5, 0.6) is 5.75 Å². The Labute approximate surface area is 177 Å². The molecule has 0 saturated carbocycles. The fraction of sp³-hybridized carbons (Fsp3) is 0.474. The summed E-state index contributed by atoms with van der Waals surface area (Å²) in [4.78, 5) is 9.78. The number of thiazole rings is 1. The molecule has 0 amide bonds. The van der Waals surface area contributed by atoms with Crippen molar-refractivity contribution in [3.8, 4) is 5.75 Å². The smallest absolute Gasteiger partial charge is 0.191 e. The van der Waals surface area contributed by atoms with E-state index >= 15 is 0 Å². The lowest BCUT2D eigenvalue weighted by Gasteiger charge is -2.22. The Kier molecular flexibility index (Phi) is 9.35. The second-order valence-corrected chi connectivity index (χ2v) is 8.13. The Hall–Kier alpha value is -1.35. The average Bonchev–Trinajstić information content (AvgIpc) is 2.99. The molecule has 2 N–H and O–H groups in total. The van der Waals surface area contributed by atoms with Gasteiger partial charge in [0.1, 0.15) is 17.4 Å². The summed E-state index contributed by atoms with van der Waals surface area (Å²) in [6.45, 7) is 10.6. The van der Waals surface area contributed by atoms with Crippen LogP contribution >= 0.6 is 35.3 Å². The van der Waals surface area contributed by atoms with Crippen LogP contribution in [0.1, 0.15) is 36.2 Å². The number of aromatic nitrogens is 1. The Morgan fingerprint density at radius 3 is 2.58 bits per heavy atom. The third-order valence-corrected chi connectivity index (χ3v) is 4.56. The Morgan fingerprint density at radius 2 is 1.96 bits per heavy atom. The van der Waals surface area contributed by atoms with Crippen LogP contribution in [0.2, 0.25) is 0 Å². The Morgan fingerprint density at radius 1 is 1.23 bits per heavy atom. The van der Waals surface area contributed by atoms with Crippen molar-refractivity contribution in [3.05, 3.63) is 45.9 Å². The van der Waals surface area contributed by atoms with E-state index in [1.807, 2.05) is 18.3 Å². The first-order valence-electron chi connectivity index (χ1n) is 8.48. The topological polar surface area (TPSA) is 58.5 Å². The number of nitrogens with one attached hydrogen (secondary N) is 2. The van der Waals surface area contributed by atoms with Crippen LogP contribution in [0.4, 0.5) is 0 Å². The maximum atomic E-state index is 5.97. The molecule has 1 aromatic carbocycles. The third-order valence-electron chi connectivity index (χ3n) is 3.65. The summed E-state index contributed by atoms with van der Waals surface area (Å²) in [7, 11) is 1.76. The molecular formula is C19H29IN4OS. The molecule has 0 saturated heterocycles. The largest absolute Gasteiger partial charge is 0.491 e. The normalized spacial score (nSPS) is 11.7. The van der Waals surface area contributed by atoms with Crippen LogP contribution in [0.15, 0.2) is 35.5 Å². The van der Waals surface area contributed by atoms with Gasteiger partial charge < -0.3 is 15.4 Å². The van der Waals surface area contributed by atoms with Gasteiger partial charge in [0.15, 0.2) is 5.96 Å². The molecule has 1 aromatic heterocycles. The fourth-order valence-electron chi connectivity index (χ4n) is 2.41. The SMILES string of the molecule is CN=C(NCCOc1ccccc1C(C)(C)C)NCc1ncc(C)s1.I. The van der Waals surface area contributed by atoms with Gasteiger partial charge in [0, 0.05) is 18.1 Å². The molecule has 0 radical (unpaired) electrons. The lowest BCUT2D eigenvalue weighted by Crippen LogP contribution is -2.38. The maximum Gasteiger partial charge on any atom is 0.191 e. The lowest BCUT2D eigenvalue weighted by atomic mass is 9.86. The second kappa shape index (κ2) is 10.7. The predicted molar refractivity (Wildman–Crippen MR) is 121 cm³/mol. The van der Waals surface area contributed by atoms with Crippen LogP contribution in [-0.2, 0) is 12.0 Å². The molecule has 2 aromatic rings. The van der Waals surface area contributed by atoms with Crippen LogP contribution in [0.25, 0.3) is 0 Å². The zero-order valence-corrected chi connectivity index (χ0v) is 19.3. The average molecular weight is 488 g/mol. The van der Waals surface area contributed by atoms with Crippen LogP contribution in [0, 0.1) is 6.92 Å². The highest BCUT2D eigenvalue weighted by Gasteiger charge is 2.18. The van der Waals surface area contributed by atoms with E-state index in [0.717, 1.165) is 16.7 Å². The highest BCUT2D eigenvalue weighted by atomic mass is 127. The van der Waals surface area contributed by atoms with Crippen molar-refractivity contribution in [2.24, 2.45) is 4.99 Å². The molecule has 0 atom stereocenters. The number of nitrogens with zero attached hydrogens (tertiary/aromatic N) is 2. The second-order valence-electron chi connectivity index (χ2n) is 6.81. The molecule has 0 aliphatic rings. The minimum absolute atomic E-state index is 0. The van der Waals surface area contributed by atoms with Gasteiger partial charge in [-0.05, 0) is 24.0 Å². The molecule has 0 unspecified atom stereocenters. The Balaban J connectivity index is 0.00000338. The van der Waals surface area contributed by atoms with E-state index in [1.165, 1.54) is 10.4 Å². The summed E-state index contributed by atoms with van der Waals surface area (Å²) >= 11 is 1.69. The molecule has 0 bridgehead atoms. The van der Waals surface area contributed by atoms with E-state index in [9.17, 15) is 0 Å². The molecule has 0 aliphatic heterocycles. The first-order valence-corrected chi connectivity index (χ1v) is 9.30. The van der Waals surface area contributed by atoms with E-state index < -0.39 is 0 Å². The number of para-hydroxylation sites is 1. The number of hydrogen-bond donors (Lipinski definition) is 2. The fourth-order valence-corrected chi connectivity index (χ4v) is 3.13. The molecule has 7 heteroatoms. The maximum absolute atomic E-state index is 5.97. The van der Waals surface area contributed by atoms with Gasteiger partial charge in [-0.15, -0.1) is 35.3 Å². The number of guanidine groups is 1. The molecule has 2 rings (SSSR count). The van der Waals surface area contributed by atoms with Gasteiger partial charge in [-0.3, -0.25) is 4.99 Å². The first-order chi connectivity index (χ1) is 11.9. The van der Waals surface area contributed by atoms with Crippen molar-refractivity contribution in [1.82, 2.24) is 15.6 Å². The van der Waals surface area contributed by atoms with Gasteiger partial charge >= 0.3 is 0 Å². The molecule has 0 aliphatic carbocycles. The standard InChI is InChI=1S/C19H28N4OS.HI/c1-14-12-22-17(25-14)13-23-18(20-5)21-10-11-24-16-9-7-6-8-15(16)19(2,3)4;/h6-9,12H,10-11,13H2,1-5H3,(H2,20,21,23);1H. The summed E-state index contributed by atoms with van der Waals surface area (Å²) in [5, 5.41) is 7.58. The quantitative estimate of drug-likeness (QED) is 0.278. The van der Waals surface area contributed by atoms with Gasteiger partial charge in [0.25, 0.3) is 0 Å². The molecule has 1 heterocycles. The minimum atomic E-state index is 0. The molecule has 0 fully saturated rings. The van der Waals surface area contributed by atoms with E-state index in [-0.39, 0.29) is 29.4 Å². The summed E-state index contributed by atoms with van der Waals surface area (Å²) in [6.07, 6.45) is 1.89. The van der Waals surface area contributed by atoms with Crippen molar-refractivity contribution in [2.45, 2.75) is 39.7 Å². The zero-order chi connectivity index (χ0) is 18.3. The van der Waals surface area contributed by atoms with Crippen LogP contribution in [-0.4, -0.2) is 31.1 Å². The number of hydrogen-bond acceptors (Lipinski definition) is 4. The van der Waals surface area contributed by atoms with Gasteiger partial charge in [-0.2, -0.15) is 0 Å². The minimum Gasteiger partial charge on any atom is -0.491 e. The van der Waals surface area contributed by atoms with E-state index in [2.05, 4.69) is 60.4 Å². The summed E-state index contributed by atoms with van der Waals surface area (Å²) in [5.74, 6) is 1.69. The predicted octanol–water partition coefficient (Wildman–Crippen LogP) is 4.11. The molecule has 5 nitrogen and oxygen atoms in total. The number of aryl methyl sites for hydroxylation is 1.